The lowest BCUT2D eigenvalue weighted by Gasteiger charge is -2.47. The van der Waals surface area contributed by atoms with Gasteiger partial charge in [0.05, 0.1) is 43.1 Å². The minimum atomic E-state index is -1.39. The predicted molar refractivity (Wildman–Crippen MR) is 274 cm³/mol. The van der Waals surface area contributed by atoms with Crippen molar-refractivity contribution in [3.05, 3.63) is 101 Å². The molecular weight excluding hydrogens is 971 g/mol. The van der Waals surface area contributed by atoms with Crippen LogP contribution in [0.3, 0.4) is 0 Å². The number of aliphatic hydroxyl groups is 1. The van der Waals surface area contributed by atoms with Crippen LogP contribution in [0.1, 0.15) is 83.6 Å². The Bertz CT molecular complexity index is 2740. The van der Waals surface area contributed by atoms with Crippen molar-refractivity contribution in [1.29, 1.82) is 0 Å². The van der Waals surface area contributed by atoms with Gasteiger partial charge < -0.3 is 45.4 Å². The number of benzene rings is 2. The van der Waals surface area contributed by atoms with Gasteiger partial charge in [-0.05, 0) is 85.0 Å². The molecule has 2 aromatic carbocycles. The number of fused-ring (bicyclic) bond motifs is 2. The number of aromatic nitrogens is 3. The maximum absolute atomic E-state index is 15.1. The van der Waals surface area contributed by atoms with Crippen molar-refractivity contribution >= 4 is 35.7 Å². The molecule has 402 valence electrons. The second-order valence-corrected chi connectivity index (χ2v) is 22.0. The predicted octanol–water partition coefficient (Wildman–Crippen LogP) is 4.45. The van der Waals surface area contributed by atoms with Crippen molar-refractivity contribution in [3.8, 4) is 23.1 Å². The lowest BCUT2D eigenvalue weighted by atomic mass is 9.85. The van der Waals surface area contributed by atoms with E-state index in [0.29, 0.717) is 48.7 Å². The van der Waals surface area contributed by atoms with Crippen LogP contribution in [-0.4, -0.2) is 136 Å². The van der Waals surface area contributed by atoms with Crippen molar-refractivity contribution in [2.45, 2.75) is 110 Å². The molecule has 0 saturated carbocycles. The number of hydrogen-bond donors (Lipinski definition) is 7. The summed E-state index contributed by atoms with van der Waals surface area (Å²) in [4.78, 5) is 74.3. The molecule has 0 radical (unpaired) electrons. The number of halogens is 2. The summed E-state index contributed by atoms with van der Waals surface area (Å²) < 4.78 is 42.3. The van der Waals surface area contributed by atoms with Gasteiger partial charge >= 0.3 is 12.2 Å². The molecule has 21 heteroatoms. The summed E-state index contributed by atoms with van der Waals surface area (Å²) in [6, 6.07) is 11.8. The van der Waals surface area contributed by atoms with Crippen LogP contribution in [0, 0.1) is 39.7 Å². The summed E-state index contributed by atoms with van der Waals surface area (Å²) in [6.45, 7) is 13.8. The van der Waals surface area contributed by atoms with E-state index in [9.17, 15) is 34.2 Å². The molecule has 3 aliphatic rings. The monoisotopic (exact) mass is 1040 g/mol. The number of carboxylic acid groups (broad SMARTS) is 1. The summed E-state index contributed by atoms with van der Waals surface area (Å²) in [5.41, 5.74) is 5.36. The molecule has 2 aromatic heterocycles. The van der Waals surface area contributed by atoms with E-state index in [2.05, 4.69) is 53.5 Å². The van der Waals surface area contributed by atoms with E-state index in [0.717, 1.165) is 30.8 Å². The third-order valence-corrected chi connectivity index (χ3v) is 13.7. The number of hydrogen-bond acceptors (Lipinski definition) is 12. The number of alkyl carbamates (subject to hydrolysis) is 1. The highest BCUT2D eigenvalue weighted by Gasteiger charge is 2.51. The lowest BCUT2D eigenvalue weighted by Crippen LogP contribution is -2.62. The van der Waals surface area contributed by atoms with Crippen molar-refractivity contribution in [1.82, 2.24) is 46.5 Å². The molecule has 75 heavy (non-hydrogen) atoms. The highest BCUT2D eigenvalue weighted by atomic mass is 19.1. The summed E-state index contributed by atoms with van der Waals surface area (Å²) in [6.07, 6.45) is 1.30. The van der Waals surface area contributed by atoms with Crippen LogP contribution >= 0.6 is 0 Å². The fourth-order valence-corrected chi connectivity index (χ4v) is 9.48. The van der Waals surface area contributed by atoms with Crippen LogP contribution in [0.25, 0.3) is 11.3 Å². The number of nitrogens with one attached hydrogen (secondary N) is 5. The first kappa shape index (κ1) is 55.6. The number of anilines is 1. The van der Waals surface area contributed by atoms with Crippen molar-refractivity contribution in [2.24, 2.45) is 23.3 Å². The molecular formula is C54H68F2N10O9. The number of aryl methyl sites for hydroxylation is 1. The second-order valence-electron chi connectivity index (χ2n) is 22.0. The second kappa shape index (κ2) is 23.2. The van der Waals surface area contributed by atoms with Crippen molar-refractivity contribution in [2.75, 3.05) is 44.4 Å². The van der Waals surface area contributed by atoms with Gasteiger partial charge in [0.15, 0.2) is 0 Å². The first-order chi connectivity index (χ1) is 35.4. The largest absolute Gasteiger partial charge is 0.465 e. The Labute approximate surface area is 435 Å². The Morgan fingerprint density at radius 3 is 2.03 bits per heavy atom. The summed E-state index contributed by atoms with van der Waals surface area (Å²) >= 11 is 0. The zero-order valence-corrected chi connectivity index (χ0v) is 43.6. The first-order valence-corrected chi connectivity index (χ1v) is 25.0. The van der Waals surface area contributed by atoms with E-state index in [1.165, 1.54) is 4.68 Å². The molecule has 7 N–H and O–H groups in total. The average Bonchev–Trinajstić information content (AvgIpc) is 3.89. The SMILES string of the molecule is Cn1ccc(-c2cc(F)c(CCOC(=O)NC(C(=O)NC(Cc3ccc(C#Cc4ccc(N5CC6CCC(C5)N6C(=O)C5(C)COC5)nc4)cc3)C(O)CNNC(=O)C(NC(=O)O)C(C)(C)C)C(C)(C)C)c(F)c2)n1. The number of nitrogens with zero attached hydrogens (tertiary/aromatic N) is 5. The molecule has 5 heterocycles. The lowest BCUT2D eigenvalue weighted by molar-refractivity contribution is -0.172. The number of rotatable bonds is 17. The van der Waals surface area contributed by atoms with Crippen LogP contribution in [0.2, 0.25) is 0 Å². The molecule has 3 saturated heterocycles. The summed E-state index contributed by atoms with van der Waals surface area (Å²) in [5.74, 6) is 4.27. The number of aliphatic hydroxyl groups excluding tert-OH is 1. The number of pyridine rings is 1. The first-order valence-electron chi connectivity index (χ1n) is 25.0. The summed E-state index contributed by atoms with van der Waals surface area (Å²) in [5, 5.41) is 32.7. The fourth-order valence-electron chi connectivity index (χ4n) is 9.48. The van der Waals surface area contributed by atoms with E-state index in [1.807, 2.05) is 19.1 Å². The molecule has 19 nitrogen and oxygen atoms in total. The molecule has 4 aromatic rings. The maximum Gasteiger partial charge on any atom is 0.407 e. The van der Waals surface area contributed by atoms with Crippen LogP contribution < -0.4 is 31.7 Å². The number of ether oxygens (including phenoxy) is 2. The smallest absolute Gasteiger partial charge is 0.407 e. The Kier molecular flexibility index (Phi) is 17.2. The molecule has 6 atom stereocenters. The maximum atomic E-state index is 15.1. The minimum Gasteiger partial charge on any atom is -0.465 e. The molecule has 3 aliphatic heterocycles. The van der Waals surface area contributed by atoms with E-state index < -0.39 is 82.7 Å². The molecule has 2 bridgehead atoms. The van der Waals surface area contributed by atoms with Crippen molar-refractivity contribution < 1.29 is 52.4 Å². The Morgan fingerprint density at radius 1 is 0.867 bits per heavy atom. The third-order valence-electron chi connectivity index (χ3n) is 13.7. The van der Waals surface area contributed by atoms with Gasteiger partial charge in [-0.25, -0.2) is 28.8 Å². The van der Waals surface area contributed by atoms with E-state index in [1.54, 1.807) is 91.3 Å². The summed E-state index contributed by atoms with van der Waals surface area (Å²) in [7, 11) is 1.68. The van der Waals surface area contributed by atoms with E-state index in [4.69, 9.17) is 14.5 Å². The number of hydrazine groups is 1. The van der Waals surface area contributed by atoms with Crippen molar-refractivity contribution in [3.63, 3.8) is 0 Å². The zero-order chi connectivity index (χ0) is 54.4. The van der Waals surface area contributed by atoms with Gasteiger partial charge in [0.25, 0.3) is 5.91 Å². The van der Waals surface area contributed by atoms with Gasteiger partial charge in [-0.1, -0.05) is 65.5 Å². The van der Waals surface area contributed by atoms with Gasteiger partial charge in [0.2, 0.25) is 11.8 Å². The van der Waals surface area contributed by atoms with Crippen LogP contribution in [0.15, 0.2) is 67.0 Å². The third kappa shape index (κ3) is 14.0. The highest BCUT2D eigenvalue weighted by molar-refractivity contribution is 5.87. The van der Waals surface area contributed by atoms with Gasteiger partial charge in [0.1, 0.15) is 29.5 Å². The molecule has 5 amide bonds. The topological polar surface area (TPSA) is 242 Å². The highest BCUT2D eigenvalue weighted by Crippen LogP contribution is 2.38. The number of carbonyl (C=O) groups is 5. The van der Waals surface area contributed by atoms with Gasteiger partial charge in [-0.15, -0.1) is 0 Å². The fraction of sp³-hybridized carbons (Fsp3) is 0.500. The Morgan fingerprint density at radius 2 is 1.48 bits per heavy atom. The number of carbonyl (C=O) groups excluding carboxylic acids is 4. The molecule has 0 aliphatic carbocycles. The standard InChI is InChI=1S/C54H68F2N10O9/c1-52(2,3)45(61-51(73)75-22-20-38-39(55)24-35(25-40(38)56)41-19-21-64(8)63-41)47(68)59-42(43(67)27-58-62-48(69)46(53(4,5)6)60-50(71)72)23-33-12-9-32(10-13-33)11-14-34-15-18-44(57-26-34)65-28-36-16-17-37(29-65)66(36)49(70)54(7)30-74-31-54/h9-10,12-13,15,18-19,21,24-26,36-37,42-43,45-46,58,60,67H,16-17,20,22-23,27-31H2,1-8H3,(H,59,68)(H,61,73)(H,62,69)(H,71,72). The van der Waals surface area contributed by atoms with Gasteiger partial charge in [-0.2, -0.15) is 5.10 Å². The zero-order valence-electron chi connectivity index (χ0n) is 43.6. The molecule has 6 unspecified atom stereocenters. The normalized spacial score (nSPS) is 18.5. The van der Waals surface area contributed by atoms with Crippen LogP contribution in [0.4, 0.5) is 24.2 Å². The van der Waals surface area contributed by atoms with Gasteiger partial charge in [-0.3, -0.25) is 24.5 Å². The van der Waals surface area contributed by atoms with Crippen LogP contribution in [-0.2, 0) is 43.7 Å². The Hall–Kier alpha value is -7.15. The molecule has 3 fully saturated rings. The van der Waals surface area contributed by atoms with E-state index in [-0.39, 0.29) is 48.5 Å². The van der Waals surface area contributed by atoms with E-state index >= 15 is 8.78 Å². The molecule has 7 rings (SSSR count). The average molecular weight is 1040 g/mol. The minimum absolute atomic E-state index is 0.0717. The number of amides is 5. The Balaban J connectivity index is 0.989. The van der Waals surface area contributed by atoms with Crippen LogP contribution in [0.5, 0.6) is 0 Å². The van der Waals surface area contributed by atoms with Gasteiger partial charge in [0, 0.05) is 79.8 Å². The molecule has 0 spiro atoms. The quantitative estimate of drug-likeness (QED) is 0.0572. The number of piperazine rings is 1.